The van der Waals surface area contributed by atoms with Crippen LogP contribution in [0.3, 0.4) is 0 Å². The summed E-state index contributed by atoms with van der Waals surface area (Å²) in [6, 6.07) is 18.2. The Morgan fingerprint density at radius 1 is 0.872 bits per heavy atom. The number of halogens is 3. The van der Waals surface area contributed by atoms with E-state index in [0.29, 0.717) is 34.4 Å². The minimum absolute atomic E-state index is 0.0413. The summed E-state index contributed by atoms with van der Waals surface area (Å²) in [6.07, 6.45) is 4.46. The van der Waals surface area contributed by atoms with E-state index in [4.69, 9.17) is 5.73 Å². The number of nitrogens with zero attached hydrogens (tertiary/aromatic N) is 1. The zero-order chi connectivity index (χ0) is 27.5. The van der Waals surface area contributed by atoms with Crippen LogP contribution in [0.15, 0.2) is 85.1 Å². The zero-order valence-corrected chi connectivity index (χ0v) is 21.0. The number of carbonyl (C=O) groups excluding carboxylic acids is 2. The fraction of sp³-hybridized carbons (Fsp3) is 0.156. The van der Waals surface area contributed by atoms with E-state index < -0.39 is 23.5 Å². The number of hydrogen-bond donors (Lipinski definition) is 1. The number of amides is 1. The first-order valence-electron chi connectivity index (χ1n) is 12.6. The molecule has 7 heteroatoms. The number of allylic oxidation sites excluding steroid dienone is 2. The second kappa shape index (κ2) is 11.1. The highest BCUT2D eigenvalue weighted by atomic mass is 19.1. The van der Waals surface area contributed by atoms with Crippen LogP contribution in [0.2, 0.25) is 0 Å². The molecular weight excluding hydrogens is 501 g/mol. The van der Waals surface area contributed by atoms with Crippen LogP contribution in [0.5, 0.6) is 0 Å². The molecule has 0 saturated carbocycles. The topological polar surface area (TPSA) is 73.1 Å². The Labute approximate surface area is 224 Å². The summed E-state index contributed by atoms with van der Waals surface area (Å²) in [7, 11) is 0. The van der Waals surface area contributed by atoms with Gasteiger partial charge in [0.2, 0.25) is 5.91 Å². The van der Waals surface area contributed by atoms with Gasteiger partial charge in [0.05, 0.1) is 5.69 Å². The molecule has 0 spiro atoms. The molecule has 1 aromatic heterocycles. The number of pyridine rings is 1. The van der Waals surface area contributed by atoms with Gasteiger partial charge >= 0.3 is 0 Å². The van der Waals surface area contributed by atoms with E-state index in [-0.39, 0.29) is 30.9 Å². The maximum absolute atomic E-state index is 14.0. The van der Waals surface area contributed by atoms with Gasteiger partial charge in [-0.2, -0.15) is 0 Å². The molecule has 39 heavy (non-hydrogen) atoms. The Morgan fingerprint density at radius 3 is 2.44 bits per heavy atom. The number of benzene rings is 3. The van der Waals surface area contributed by atoms with Crippen molar-refractivity contribution >= 4 is 17.3 Å². The Balaban J connectivity index is 1.49. The van der Waals surface area contributed by atoms with Crippen molar-refractivity contribution in [3.63, 3.8) is 0 Å². The molecule has 4 nitrogen and oxygen atoms in total. The van der Waals surface area contributed by atoms with Crippen LogP contribution >= 0.6 is 0 Å². The van der Waals surface area contributed by atoms with Gasteiger partial charge in [0.1, 0.15) is 23.2 Å². The molecule has 0 saturated heterocycles. The second-order valence-corrected chi connectivity index (χ2v) is 9.71. The molecule has 0 radical (unpaired) electrons. The molecule has 1 aliphatic carbocycles. The monoisotopic (exact) mass is 526 g/mol. The maximum Gasteiger partial charge on any atom is 0.248 e. The van der Waals surface area contributed by atoms with Crippen LogP contribution in [0, 0.1) is 17.5 Å². The zero-order valence-electron chi connectivity index (χ0n) is 21.0. The Morgan fingerprint density at radius 2 is 1.67 bits per heavy atom. The number of carbonyl (C=O) groups is 2. The number of nitrogens with two attached hydrogens (primary N) is 1. The summed E-state index contributed by atoms with van der Waals surface area (Å²) in [4.78, 5) is 29.8. The first-order valence-corrected chi connectivity index (χ1v) is 12.6. The summed E-state index contributed by atoms with van der Waals surface area (Å²) in [5.74, 6) is -2.99. The molecule has 0 bridgehead atoms. The van der Waals surface area contributed by atoms with Crippen molar-refractivity contribution in [1.29, 1.82) is 0 Å². The second-order valence-electron chi connectivity index (χ2n) is 9.71. The van der Waals surface area contributed by atoms with Gasteiger partial charge in [-0.15, -0.1) is 0 Å². The average Bonchev–Trinajstić information content (AvgIpc) is 3.29. The molecule has 196 valence electrons. The van der Waals surface area contributed by atoms with E-state index in [1.165, 1.54) is 24.3 Å². The number of ketones is 1. The van der Waals surface area contributed by atoms with Crippen LogP contribution < -0.4 is 5.73 Å². The minimum atomic E-state index is -0.708. The number of aromatic nitrogens is 1. The average molecular weight is 527 g/mol. The lowest BCUT2D eigenvalue weighted by Crippen LogP contribution is -2.14. The predicted molar refractivity (Wildman–Crippen MR) is 143 cm³/mol. The summed E-state index contributed by atoms with van der Waals surface area (Å²) in [5, 5.41) is 0. The van der Waals surface area contributed by atoms with Gasteiger partial charge in [-0.1, -0.05) is 30.3 Å². The fourth-order valence-corrected chi connectivity index (χ4v) is 5.20. The van der Waals surface area contributed by atoms with Crippen molar-refractivity contribution in [3.05, 3.63) is 130 Å². The third kappa shape index (κ3) is 5.98. The van der Waals surface area contributed by atoms with Crippen molar-refractivity contribution in [2.75, 3.05) is 0 Å². The van der Waals surface area contributed by atoms with Crippen LogP contribution in [-0.2, 0) is 17.6 Å². The normalized spacial score (nSPS) is 13.1. The highest BCUT2D eigenvalue weighted by molar-refractivity contribution is 5.94. The Kier molecular flexibility index (Phi) is 7.41. The number of fused-ring (bicyclic) bond motifs is 1. The summed E-state index contributed by atoms with van der Waals surface area (Å²) in [6.45, 7) is 0. The molecule has 2 N–H and O–H groups in total. The van der Waals surface area contributed by atoms with Crippen LogP contribution in [0.1, 0.15) is 51.5 Å². The molecular formula is C32H25F3N2O2. The lowest BCUT2D eigenvalue weighted by molar-refractivity contribution is -0.118. The summed E-state index contributed by atoms with van der Waals surface area (Å²) in [5.41, 5.74) is 10.6. The van der Waals surface area contributed by atoms with Crippen molar-refractivity contribution < 1.29 is 22.8 Å². The van der Waals surface area contributed by atoms with Crippen molar-refractivity contribution in [1.82, 2.24) is 4.98 Å². The van der Waals surface area contributed by atoms with E-state index in [1.807, 2.05) is 18.2 Å². The number of Topliss-reactive ketones (excluding diaryl/α,β-unsaturated/α-hetero) is 1. The third-order valence-corrected chi connectivity index (χ3v) is 6.94. The van der Waals surface area contributed by atoms with Crippen molar-refractivity contribution in [2.45, 2.75) is 31.6 Å². The molecule has 3 aromatic carbocycles. The maximum atomic E-state index is 14.0. The molecule has 0 aliphatic heterocycles. The van der Waals surface area contributed by atoms with Crippen LogP contribution in [0.25, 0.3) is 16.7 Å². The fourth-order valence-electron chi connectivity index (χ4n) is 5.20. The van der Waals surface area contributed by atoms with Gasteiger partial charge in [0, 0.05) is 42.1 Å². The molecule has 5 rings (SSSR count). The molecule has 0 fully saturated rings. The molecule has 1 amide bonds. The van der Waals surface area contributed by atoms with E-state index in [2.05, 4.69) is 4.98 Å². The Hall–Kier alpha value is -4.52. The highest BCUT2D eigenvalue weighted by Gasteiger charge is 2.25. The number of primary amides is 1. The minimum Gasteiger partial charge on any atom is -0.366 e. The first kappa shape index (κ1) is 26.1. The Bertz CT molecular complexity index is 1590. The SMILES string of the molecule is NC(=O)c1cccc(-c2cccnc2[C@@H](CC(=O)CC2=CCc3ccc(F)cc32)Cc2cc(F)cc(F)c2)c1. The first-order chi connectivity index (χ1) is 18.8. The lowest BCUT2D eigenvalue weighted by atomic mass is 9.85. The standard InChI is InChI=1S/C32H25F3N2O2/c33-25-9-8-20-6-7-22(30(20)18-25)15-28(38)16-24(11-19-12-26(34)17-27(35)13-19)31-29(5-2-10-37-31)21-3-1-4-23(14-21)32(36)39/h1-5,7-10,12-14,17-18,24H,6,11,15-16H2,(H2,36,39)/t24-/m1/s1. The van der Waals surface area contributed by atoms with E-state index in [0.717, 1.165) is 22.8 Å². The highest BCUT2D eigenvalue weighted by Crippen LogP contribution is 2.35. The van der Waals surface area contributed by atoms with Crippen molar-refractivity contribution in [3.8, 4) is 11.1 Å². The summed E-state index contributed by atoms with van der Waals surface area (Å²) >= 11 is 0. The van der Waals surface area contributed by atoms with Gasteiger partial charge in [-0.05, 0) is 83.1 Å². The van der Waals surface area contributed by atoms with E-state index in [9.17, 15) is 22.8 Å². The molecule has 4 aromatic rings. The predicted octanol–water partition coefficient (Wildman–Crippen LogP) is 6.58. The van der Waals surface area contributed by atoms with Crippen LogP contribution in [0.4, 0.5) is 13.2 Å². The molecule has 1 heterocycles. The third-order valence-electron chi connectivity index (χ3n) is 6.94. The number of rotatable bonds is 9. The summed E-state index contributed by atoms with van der Waals surface area (Å²) < 4.78 is 42.0. The molecule has 1 aliphatic rings. The van der Waals surface area contributed by atoms with Gasteiger partial charge in [0.25, 0.3) is 0 Å². The largest absolute Gasteiger partial charge is 0.366 e. The van der Waals surface area contributed by atoms with Crippen molar-refractivity contribution in [2.24, 2.45) is 5.73 Å². The molecule has 0 unspecified atom stereocenters. The smallest absolute Gasteiger partial charge is 0.248 e. The van der Waals surface area contributed by atoms with Crippen LogP contribution in [-0.4, -0.2) is 16.7 Å². The quantitative estimate of drug-likeness (QED) is 0.268. The number of hydrogen-bond acceptors (Lipinski definition) is 3. The van der Waals surface area contributed by atoms with Gasteiger partial charge < -0.3 is 5.73 Å². The van der Waals surface area contributed by atoms with Gasteiger partial charge in [-0.3, -0.25) is 14.6 Å². The lowest BCUT2D eigenvalue weighted by Gasteiger charge is -2.20. The van der Waals surface area contributed by atoms with E-state index in [1.54, 1.807) is 36.5 Å². The van der Waals surface area contributed by atoms with Gasteiger partial charge in [-0.25, -0.2) is 13.2 Å². The van der Waals surface area contributed by atoms with E-state index >= 15 is 0 Å². The van der Waals surface area contributed by atoms with Gasteiger partial charge in [0.15, 0.2) is 0 Å². The molecule has 1 atom stereocenters.